The number of benzene rings is 1. The van der Waals surface area contributed by atoms with Gasteiger partial charge in [-0.05, 0) is 37.8 Å². The second kappa shape index (κ2) is 4.77. The number of esters is 1. The number of hydrogen-bond acceptors (Lipinski definition) is 3. The molecule has 1 fully saturated rings. The van der Waals surface area contributed by atoms with Gasteiger partial charge in [-0.1, -0.05) is 18.2 Å². The Kier molecular flexibility index (Phi) is 2.97. The first-order valence-electron chi connectivity index (χ1n) is 6.39. The van der Waals surface area contributed by atoms with Gasteiger partial charge in [0, 0.05) is 11.6 Å². The van der Waals surface area contributed by atoms with Gasteiger partial charge in [0.15, 0.2) is 0 Å². The van der Waals surface area contributed by atoms with Gasteiger partial charge in [-0.25, -0.2) is 4.79 Å². The zero-order valence-electron chi connectivity index (χ0n) is 10.1. The van der Waals surface area contributed by atoms with E-state index in [4.69, 9.17) is 4.74 Å². The van der Waals surface area contributed by atoms with Crippen LogP contribution in [0.1, 0.15) is 36.0 Å². The maximum atomic E-state index is 12.0. The minimum Gasteiger partial charge on any atom is -0.459 e. The molecule has 0 aliphatic heterocycles. The largest absolute Gasteiger partial charge is 0.459 e. The number of nitrogens with zero attached hydrogens (tertiary/aromatic N) is 1. The van der Waals surface area contributed by atoms with Crippen molar-refractivity contribution in [2.75, 3.05) is 0 Å². The van der Waals surface area contributed by atoms with Crippen molar-refractivity contribution < 1.29 is 9.53 Å². The van der Waals surface area contributed by atoms with Crippen molar-refractivity contribution in [3.63, 3.8) is 0 Å². The molecule has 1 aromatic heterocycles. The normalized spacial score (nSPS) is 16.0. The molecule has 1 aromatic carbocycles. The SMILES string of the molecule is O=C(OC1CCCC1)c1cnc2ccccc2c1. The molecule has 0 amide bonds. The first-order valence-corrected chi connectivity index (χ1v) is 6.39. The predicted octanol–water partition coefficient (Wildman–Crippen LogP) is 3.33. The monoisotopic (exact) mass is 241 g/mol. The van der Waals surface area contributed by atoms with Gasteiger partial charge in [0.1, 0.15) is 6.10 Å². The molecule has 0 spiro atoms. The molecule has 0 radical (unpaired) electrons. The zero-order valence-corrected chi connectivity index (χ0v) is 10.1. The Balaban J connectivity index is 1.82. The minimum absolute atomic E-state index is 0.101. The molecule has 3 rings (SSSR count). The van der Waals surface area contributed by atoms with Crippen molar-refractivity contribution in [1.82, 2.24) is 4.98 Å². The summed E-state index contributed by atoms with van der Waals surface area (Å²) in [6.07, 6.45) is 6.00. The Hall–Kier alpha value is -1.90. The molecule has 0 unspecified atom stereocenters. The number of carbonyl (C=O) groups is 1. The Morgan fingerprint density at radius 2 is 2.00 bits per heavy atom. The van der Waals surface area contributed by atoms with Crippen LogP contribution >= 0.6 is 0 Å². The summed E-state index contributed by atoms with van der Waals surface area (Å²) in [6, 6.07) is 9.61. The zero-order chi connectivity index (χ0) is 12.4. The Morgan fingerprint density at radius 3 is 2.83 bits per heavy atom. The second-order valence-electron chi connectivity index (χ2n) is 4.73. The van der Waals surface area contributed by atoms with Crippen molar-refractivity contribution in [2.24, 2.45) is 0 Å². The van der Waals surface area contributed by atoms with Crippen LogP contribution in [0.5, 0.6) is 0 Å². The molecule has 2 aromatic rings. The summed E-state index contributed by atoms with van der Waals surface area (Å²) < 4.78 is 5.47. The predicted molar refractivity (Wildman–Crippen MR) is 69.4 cm³/mol. The highest BCUT2D eigenvalue weighted by molar-refractivity contribution is 5.93. The molecule has 0 atom stereocenters. The van der Waals surface area contributed by atoms with Crippen molar-refractivity contribution in [3.8, 4) is 0 Å². The van der Waals surface area contributed by atoms with Gasteiger partial charge in [-0.15, -0.1) is 0 Å². The van der Waals surface area contributed by atoms with Gasteiger partial charge in [-0.3, -0.25) is 4.98 Å². The Labute approximate surface area is 106 Å². The van der Waals surface area contributed by atoms with Gasteiger partial charge in [-0.2, -0.15) is 0 Å². The van der Waals surface area contributed by atoms with Crippen LogP contribution in [-0.4, -0.2) is 17.1 Å². The van der Waals surface area contributed by atoms with E-state index < -0.39 is 0 Å². The molecule has 0 bridgehead atoms. The standard InChI is InChI=1S/C15H15NO2/c17-15(18-13-6-2-3-7-13)12-9-11-5-1-4-8-14(11)16-10-12/h1,4-5,8-10,13H,2-3,6-7H2. The van der Waals surface area contributed by atoms with Crippen molar-refractivity contribution in [2.45, 2.75) is 31.8 Å². The highest BCUT2D eigenvalue weighted by Gasteiger charge is 2.20. The van der Waals surface area contributed by atoms with Crippen LogP contribution in [0.25, 0.3) is 10.9 Å². The first-order chi connectivity index (χ1) is 8.83. The van der Waals surface area contributed by atoms with E-state index in [9.17, 15) is 4.79 Å². The van der Waals surface area contributed by atoms with Crippen molar-refractivity contribution >= 4 is 16.9 Å². The van der Waals surface area contributed by atoms with Gasteiger partial charge >= 0.3 is 5.97 Å². The second-order valence-corrected chi connectivity index (χ2v) is 4.73. The van der Waals surface area contributed by atoms with E-state index in [2.05, 4.69) is 4.98 Å². The fraction of sp³-hybridized carbons (Fsp3) is 0.333. The number of rotatable bonds is 2. The Morgan fingerprint density at radius 1 is 1.22 bits per heavy atom. The molecule has 1 saturated carbocycles. The molecular weight excluding hydrogens is 226 g/mol. The van der Waals surface area contributed by atoms with Crippen molar-refractivity contribution in [3.05, 3.63) is 42.1 Å². The molecule has 0 N–H and O–H groups in total. The average molecular weight is 241 g/mol. The van der Waals surface area contributed by atoms with E-state index >= 15 is 0 Å². The van der Waals surface area contributed by atoms with Crippen LogP contribution in [-0.2, 0) is 4.74 Å². The van der Waals surface area contributed by atoms with Gasteiger partial charge in [0.2, 0.25) is 0 Å². The number of carbonyl (C=O) groups excluding carboxylic acids is 1. The van der Waals surface area contributed by atoms with Gasteiger partial charge in [0.25, 0.3) is 0 Å². The highest BCUT2D eigenvalue weighted by Crippen LogP contribution is 2.22. The van der Waals surface area contributed by atoms with Crippen LogP contribution in [0, 0.1) is 0 Å². The summed E-state index contributed by atoms with van der Waals surface area (Å²) in [5.74, 6) is -0.250. The van der Waals surface area contributed by atoms with Crippen LogP contribution < -0.4 is 0 Å². The summed E-state index contributed by atoms with van der Waals surface area (Å²) in [5.41, 5.74) is 1.44. The highest BCUT2D eigenvalue weighted by atomic mass is 16.5. The van der Waals surface area contributed by atoms with Crippen LogP contribution in [0.3, 0.4) is 0 Å². The van der Waals surface area contributed by atoms with Gasteiger partial charge < -0.3 is 4.74 Å². The van der Waals surface area contributed by atoms with E-state index in [1.165, 1.54) is 0 Å². The first kappa shape index (κ1) is 11.2. The van der Waals surface area contributed by atoms with Crippen LogP contribution in [0.4, 0.5) is 0 Å². The lowest BCUT2D eigenvalue weighted by Gasteiger charge is -2.11. The summed E-state index contributed by atoms with van der Waals surface area (Å²) in [7, 11) is 0. The maximum Gasteiger partial charge on any atom is 0.339 e. The number of aromatic nitrogens is 1. The number of para-hydroxylation sites is 1. The number of pyridine rings is 1. The number of ether oxygens (including phenoxy) is 1. The molecule has 1 aliphatic carbocycles. The van der Waals surface area contributed by atoms with Gasteiger partial charge in [0.05, 0.1) is 11.1 Å². The molecule has 1 heterocycles. The van der Waals surface area contributed by atoms with Crippen LogP contribution in [0.2, 0.25) is 0 Å². The third-order valence-corrected chi connectivity index (χ3v) is 3.40. The van der Waals surface area contributed by atoms with E-state index in [0.29, 0.717) is 5.56 Å². The molecule has 3 heteroatoms. The number of fused-ring (bicyclic) bond motifs is 1. The third kappa shape index (κ3) is 2.21. The summed E-state index contributed by atoms with van der Waals surface area (Å²) in [4.78, 5) is 16.3. The van der Waals surface area contributed by atoms with E-state index in [-0.39, 0.29) is 12.1 Å². The summed E-state index contributed by atoms with van der Waals surface area (Å²) in [5, 5.41) is 0.971. The number of hydrogen-bond donors (Lipinski definition) is 0. The molecule has 92 valence electrons. The fourth-order valence-electron chi connectivity index (χ4n) is 2.41. The molecule has 1 aliphatic rings. The average Bonchev–Trinajstić information content (AvgIpc) is 2.91. The van der Waals surface area contributed by atoms with Crippen LogP contribution in [0.15, 0.2) is 36.5 Å². The fourth-order valence-corrected chi connectivity index (χ4v) is 2.41. The third-order valence-electron chi connectivity index (χ3n) is 3.40. The minimum atomic E-state index is -0.250. The lowest BCUT2D eigenvalue weighted by Crippen LogP contribution is -2.14. The molecule has 3 nitrogen and oxygen atoms in total. The van der Waals surface area contributed by atoms with E-state index in [1.807, 2.05) is 30.3 Å². The molecule has 0 saturated heterocycles. The summed E-state index contributed by atoms with van der Waals surface area (Å²) in [6.45, 7) is 0. The lowest BCUT2D eigenvalue weighted by molar-refractivity contribution is 0.0317. The van der Waals surface area contributed by atoms with Crippen molar-refractivity contribution in [1.29, 1.82) is 0 Å². The topological polar surface area (TPSA) is 39.2 Å². The Bertz CT molecular complexity index is 573. The van der Waals surface area contributed by atoms with E-state index in [0.717, 1.165) is 36.6 Å². The smallest absolute Gasteiger partial charge is 0.339 e. The molecular formula is C15H15NO2. The quantitative estimate of drug-likeness (QED) is 0.757. The lowest BCUT2D eigenvalue weighted by atomic mass is 10.1. The summed E-state index contributed by atoms with van der Waals surface area (Å²) >= 11 is 0. The maximum absolute atomic E-state index is 12.0. The molecule has 18 heavy (non-hydrogen) atoms. The van der Waals surface area contributed by atoms with E-state index in [1.54, 1.807) is 6.20 Å².